The second-order valence-electron chi connectivity index (χ2n) is 1.75. The molecule has 10 heavy (non-hydrogen) atoms. The van der Waals surface area contributed by atoms with E-state index in [1.54, 1.807) is 0 Å². The van der Waals surface area contributed by atoms with E-state index in [1.807, 2.05) is 34.0 Å². The fourth-order valence-corrected chi connectivity index (χ4v) is 2.03. The average molecular weight is 174 g/mol. The Morgan fingerprint density at radius 2 is 1.40 bits per heavy atom. The minimum atomic E-state index is 0.849. The van der Waals surface area contributed by atoms with Gasteiger partial charge in [0.2, 0.25) is 0 Å². The number of hydrogen-bond donors (Lipinski definition) is 0. The van der Waals surface area contributed by atoms with Gasteiger partial charge in [-0.05, 0) is 0 Å². The quantitative estimate of drug-likeness (QED) is 0.520. The highest BCUT2D eigenvalue weighted by Crippen LogP contribution is 2.18. The summed E-state index contributed by atoms with van der Waals surface area (Å²) in [6.45, 7) is 1.70. The predicted molar refractivity (Wildman–Crippen MR) is 51.6 cm³/mol. The van der Waals surface area contributed by atoms with Crippen LogP contribution in [0.1, 0.15) is 0 Å². The zero-order chi connectivity index (χ0) is 7.07. The molecule has 1 rings (SSSR count). The highest BCUT2D eigenvalue weighted by molar-refractivity contribution is 8.77. The van der Waals surface area contributed by atoms with Gasteiger partial charge in [-0.1, -0.05) is 21.6 Å². The molecule has 0 saturated heterocycles. The molecule has 0 N–H and O–H groups in total. The van der Waals surface area contributed by atoms with Gasteiger partial charge in [0.15, 0.2) is 0 Å². The van der Waals surface area contributed by atoms with Crippen molar-refractivity contribution in [3.05, 3.63) is 0 Å². The summed E-state index contributed by atoms with van der Waals surface area (Å²) in [7, 11) is 3.66. The zero-order valence-corrected chi connectivity index (χ0v) is 7.33. The summed E-state index contributed by atoms with van der Waals surface area (Å²) in [4.78, 5) is 8.32. The Labute approximate surface area is 69.0 Å². The van der Waals surface area contributed by atoms with Crippen molar-refractivity contribution in [2.24, 2.45) is 9.98 Å². The number of nitrogens with zero attached hydrogens (tertiary/aromatic N) is 2. The van der Waals surface area contributed by atoms with Crippen LogP contribution in [0.3, 0.4) is 0 Å². The van der Waals surface area contributed by atoms with Crippen LogP contribution < -0.4 is 0 Å². The van der Waals surface area contributed by atoms with Crippen molar-refractivity contribution in [1.82, 2.24) is 0 Å². The van der Waals surface area contributed by atoms with Gasteiger partial charge in [0.05, 0.1) is 13.1 Å². The van der Waals surface area contributed by atoms with Gasteiger partial charge < -0.3 is 0 Å². The largest absolute Gasteiger partial charge is 0.295 e. The van der Waals surface area contributed by atoms with Gasteiger partial charge >= 0.3 is 0 Å². The minimum Gasteiger partial charge on any atom is -0.295 e. The SMILES string of the molecule is C1=N\CC/N=C/CSSC/1. The molecule has 1 aliphatic heterocycles. The van der Waals surface area contributed by atoms with Crippen LogP contribution in [0.15, 0.2) is 9.98 Å². The van der Waals surface area contributed by atoms with Crippen molar-refractivity contribution in [3.63, 3.8) is 0 Å². The van der Waals surface area contributed by atoms with Crippen LogP contribution in [0.4, 0.5) is 0 Å². The van der Waals surface area contributed by atoms with E-state index in [-0.39, 0.29) is 0 Å². The van der Waals surface area contributed by atoms with Crippen molar-refractivity contribution in [1.29, 1.82) is 0 Å². The van der Waals surface area contributed by atoms with E-state index >= 15 is 0 Å². The van der Waals surface area contributed by atoms with E-state index in [0.717, 1.165) is 24.6 Å². The Hall–Kier alpha value is 0.0400. The lowest BCUT2D eigenvalue weighted by atomic mass is 10.6. The maximum absolute atomic E-state index is 4.16. The van der Waals surface area contributed by atoms with Crippen LogP contribution in [0.5, 0.6) is 0 Å². The molecule has 0 aliphatic carbocycles. The zero-order valence-electron chi connectivity index (χ0n) is 5.69. The summed E-state index contributed by atoms with van der Waals surface area (Å²) in [6.07, 6.45) is 3.94. The molecule has 0 radical (unpaired) electrons. The fraction of sp³-hybridized carbons (Fsp3) is 0.667. The van der Waals surface area contributed by atoms with Crippen molar-refractivity contribution in [3.8, 4) is 0 Å². The topological polar surface area (TPSA) is 24.7 Å². The van der Waals surface area contributed by atoms with Gasteiger partial charge in [-0.3, -0.25) is 9.98 Å². The van der Waals surface area contributed by atoms with E-state index < -0.39 is 0 Å². The van der Waals surface area contributed by atoms with Crippen LogP contribution in [-0.4, -0.2) is 37.0 Å². The predicted octanol–water partition coefficient (Wildman–Crippen LogP) is 1.52. The average Bonchev–Trinajstić information content (AvgIpc) is 2.01. The molecule has 4 heteroatoms. The van der Waals surface area contributed by atoms with E-state index in [2.05, 4.69) is 9.98 Å². The van der Waals surface area contributed by atoms with Gasteiger partial charge in [0.25, 0.3) is 0 Å². The molecular weight excluding hydrogens is 164 g/mol. The molecule has 0 aromatic heterocycles. The molecule has 0 fully saturated rings. The number of hydrogen-bond acceptors (Lipinski definition) is 4. The van der Waals surface area contributed by atoms with Gasteiger partial charge in [-0.2, -0.15) is 0 Å². The molecule has 1 aliphatic rings. The summed E-state index contributed by atoms with van der Waals surface area (Å²) < 4.78 is 0. The van der Waals surface area contributed by atoms with Crippen LogP contribution in [-0.2, 0) is 0 Å². The molecule has 56 valence electrons. The summed E-state index contributed by atoms with van der Waals surface area (Å²) in [6, 6.07) is 0. The summed E-state index contributed by atoms with van der Waals surface area (Å²) in [5.74, 6) is 2.05. The van der Waals surface area contributed by atoms with Crippen LogP contribution in [0.2, 0.25) is 0 Å². The smallest absolute Gasteiger partial charge is 0.0581 e. The van der Waals surface area contributed by atoms with E-state index in [9.17, 15) is 0 Å². The van der Waals surface area contributed by atoms with E-state index in [1.165, 1.54) is 0 Å². The van der Waals surface area contributed by atoms with Gasteiger partial charge in [-0.25, -0.2) is 0 Å². The molecule has 0 aromatic rings. The Morgan fingerprint density at radius 3 is 1.90 bits per heavy atom. The first kappa shape index (κ1) is 8.14. The van der Waals surface area contributed by atoms with Crippen molar-refractivity contribution >= 4 is 34.0 Å². The van der Waals surface area contributed by atoms with Crippen molar-refractivity contribution < 1.29 is 0 Å². The lowest BCUT2D eigenvalue weighted by Gasteiger charge is -1.95. The molecule has 0 aromatic carbocycles. The standard InChI is InChI=1S/C6H10N2S2/c1-2-8-4-6-10-9-5-3-7-1/h3-4H,1-2,5-6H2/b7-3-,8-4+. The second kappa shape index (κ2) is 5.80. The van der Waals surface area contributed by atoms with Gasteiger partial charge in [0, 0.05) is 23.9 Å². The Morgan fingerprint density at radius 1 is 0.900 bits per heavy atom. The molecule has 0 atom stereocenters. The molecule has 0 saturated carbocycles. The highest BCUT2D eigenvalue weighted by atomic mass is 33.1. The van der Waals surface area contributed by atoms with E-state index in [4.69, 9.17) is 0 Å². The molecule has 1 heterocycles. The summed E-state index contributed by atoms with van der Waals surface area (Å²) >= 11 is 0. The van der Waals surface area contributed by atoms with Crippen molar-refractivity contribution in [2.75, 3.05) is 24.6 Å². The van der Waals surface area contributed by atoms with Crippen molar-refractivity contribution in [2.45, 2.75) is 0 Å². The van der Waals surface area contributed by atoms with Crippen LogP contribution in [0, 0.1) is 0 Å². The lowest BCUT2D eigenvalue weighted by Crippen LogP contribution is -1.92. The van der Waals surface area contributed by atoms with Crippen LogP contribution >= 0.6 is 21.6 Å². The normalized spacial score (nSPS) is 27.2. The Bertz CT molecular complexity index is 118. The molecule has 0 amide bonds. The van der Waals surface area contributed by atoms with Gasteiger partial charge in [0.1, 0.15) is 0 Å². The third kappa shape index (κ3) is 3.95. The fourth-order valence-electron chi connectivity index (χ4n) is 0.561. The van der Waals surface area contributed by atoms with E-state index in [0.29, 0.717) is 0 Å². The van der Waals surface area contributed by atoms with Gasteiger partial charge in [-0.15, -0.1) is 0 Å². The lowest BCUT2D eigenvalue weighted by molar-refractivity contribution is 0.983. The number of rotatable bonds is 0. The summed E-state index contributed by atoms with van der Waals surface area (Å²) in [5.41, 5.74) is 0. The molecule has 0 spiro atoms. The second-order valence-corrected chi connectivity index (χ2v) is 4.30. The maximum Gasteiger partial charge on any atom is 0.0581 e. The third-order valence-electron chi connectivity index (χ3n) is 0.985. The highest BCUT2D eigenvalue weighted by Gasteiger charge is 1.87. The third-order valence-corrected chi connectivity index (χ3v) is 3.04. The van der Waals surface area contributed by atoms with Crippen LogP contribution in [0.25, 0.3) is 0 Å². The monoisotopic (exact) mass is 174 g/mol. The molecule has 0 bridgehead atoms. The Balaban J connectivity index is 2.23. The summed E-state index contributed by atoms with van der Waals surface area (Å²) in [5, 5.41) is 0. The number of aliphatic imine (C=N–C) groups is 2. The minimum absolute atomic E-state index is 0.849. The molecule has 0 unspecified atom stereocenters. The maximum atomic E-state index is 4.16. The molecular formula is C6H10N2S2. The Kier molecular flexibility index (Phi) is 4.72. The first-order chi connectivity index (χ1) is 5.00. The first-order valence-corrected chi connectivity index (χ1v) is 5.70. The molecule has 2 nitrogen and oxygen atoms in total. The first-order valence-electron chi connectivity index (χ1n) is 3.21.